The van der Waals surface area contributed by atoms with E-state index >= 15 is 0 Å². The minimum atomic E-state index is 0.551. The highest BCUT2D eigenvalue weighted by molar-refractivity contribution is 7.98. The summed E-state index contributed by atoms with van der Waals surface area (Å²) in [5.74, 6) is 2.60. The lowest BCUT2D eigenvalue weighted by molar-refractivity contribution is 0.391. The first-order chi connectivity index (χ1) is 10.3. The second-order valence-electron chi connectivity index (χ2n) is 4.28. The summed E-state index contributed by atoms with van der Waals surface area (Å²) in [6.07, 6.45) is 0. The van der Waals surface area contributed by atoms with Crippen molar-refractivity contribution >= 4 is 23.1 Å². The number of aryl methyl sites for hydroxylation is 1. The molecule has 0 radical (unpaired) electrons. The summed E-state index contributed by atoms with van der Waals surface area (Å²) in [4.78, 5) is 4.38. The fourth-order valence-corrected chi connectivity index (χ4v) is 3.29. The van der Waals surface area contributed by atoms with Crippen LogP contribution in [0.3, 0.4) is 0 Å². The van der Waals surface area contributed by atoms with Crippen molar-refractivity contribution in [2.24, 2.45) is 5.73 Å². The molecule has 7 nitrogen and oxygen atoms in total. The van der Waals surface area contributed by atoms with Crippen LogP contribution in [0.25, 0.3) is 11.4 Å². The van der Waals surface area contributed by atoms with Crippen molar-refractivity contribution in [3.05, 3.63) is 28.5 Å². The zero-order chi connectivity index (χ0) is 14.7. The molecule has 0 atom stereocenters. The lowest BCUT2D eigenvalue weighted by atomic mass is 10.3. The molecule has 0 amide bonds. The number of nitrogens with zero attached hydrogens (tertiary/aromatic N) is 5. The number of rotatable bonds is 6. The normalized spacial score (nSPS) is 11.1. The molecule has 0 saturated carbocycles. The Morgan fingerprint density at radius 1 is 1.43 bits per heavy atom. The average Bonchev–Trinajstić information content (AvgIpc) is 3.19. The summed E-state index contributed by atoms with van der Waals surface area (Å²) in [6.45, 7) is 3.16. The first-order valence-corrected chi connectivity index (χ1v) is 8.28. The van der Waals surface area contributed by atoms with E-state index in [1.807, 2.05) is 28.3 Å². The minimum Gasteiger partial charge on any atom is -0.338 e. The van der Waals surface area contributed by atoms with Gasteiger partial charge in [0.25, 0.3) is 0 Å². The monoisotopic (exact) mass is 322 g/mol. The maximum atomic E-state index is 5.60. The van der Waals surface area contributed by atoms with Gasteiger partial charge in [0.15, 0.2) is 5.16 Å². The van der Waals surface area contributed by atoms with Crippen molar-refractivity contribution in [1.82, 2.24) is 24.9 Å². The predicted octanol–water partition coefficient (Wildman–Crippen LogP) is 1.95. The van der Waals surface area contributed by atoms with Gasteiger partial charge < -0.3 is 14.8 Å². The van der Waals surface area contributed by atoms with Gasteiger partial charge in [0.05, 0.1) is 5.75 Å². The lowest BCUT2D eigenvalue weighted by Crippen LogP contribution is -2.12. The molecule has 0 bridgehead atoms. The molecule has 0 aliphatic carbocycles. The van der Waals surface area contributed by atoms with E-state index < -0.39 is 0 Å². The topological polar surface area (TPSA) is 95.6 Å². The molecule has 3 aromatic heterocycles. The van der Waals surface area contributed by atoms with Crippen molar-refractivity contribution in [3.63, 3.8) is 0 Å². The average molecular weight is 322 g/mol. The van der Waals surface area contributed by atoms with Crippen molar-refractivity contribution in [3.8, 4) is 11.4 Å². The Hall–Kier alpha value is -1.71. The van der Waals surface area contributed by atoms with E-state index in [2.05, 4.69) is 20.3 Å². The summed E-state index contributed by atoms with van der Waals surface area (Å²) >= 11 is 3.12. The molecule has 0 fully saturated rings. The molecule has 3 aromatic rings. The molecular formula is C12H14N6OS2. The largest absolute Gasteiger partial charge is 0.338 e. The molecule has 0 saturated heterocycles. The Morgan fingerprint density at radius 3 is 3.10 bits per heavy atom. The molecular weight excluding hydrogens is 308 g/mol. The third-order valence-electron chi connectivity index (χ3n) is 2.83. The smallest absolute Gasteiger partial charge is 0.237 e. The molecule has 21 heavy (non-hydrogen) atoms. The van der Waals surface area contributed by atoms with Crippen LogP contribution in [0.15, 0.2) is 26.5 Å². The summed E-state index contributed by atoms with van der Waals surface area (Å²) < 4.78 is 7.24. The van der Waals surface area contributed by atoms with Gasteiger partial charge in [0, 0.05) is 24.0 Å². The van der Waals surface area contributed by atoms with E-state index in [1.54, 1.807) is 11.3 Å². The standard InChI is InChI=1S/C12H14N6OS2/c1-8-15-16-12(18(8)4-3-13)21-7-10-14-11(17-19-10)9-2-5-20-6-9/h2,5-6H,3-4,7,13H2,1H3. The van der Waals surface area contributed by atoms with Gasteiger partial charge in [0.2, 0.25) is 11.7 Å². The fraction of sp³-hybridized carbons (Fsp3) is 0.333. The lowest BCUT2D eigenvalue weighted by Gasteiger charge is -2.04. The number of hydrogen-bond acceptors (Lipinski definition) is 8. The summed E-state index contributed by atoms with van der Waals surface area (Å²) in [6, 6.07) is 1.97. The first kappa shape index (κ1) is 14.2. The van der Waals surface area contributed by atoms with Crippen LogP contribution in [0.4, 0.5) is 0 Å². The first-order valence-electron chi connectivity index (χ1n) is 6.35. The van der Waals surface area contributed by atoms with E-state index in [0.717, 1.165) is 16.5 Å². The van der Waals surface area contributed by atoms with Crippen LogP contribution in [0.5, 0.6) is 0 Å². The Kier molecular flexibility index (Phi) is 4.32. The zero-order valence-electron chi connectivity index (χ0n) is 11.4. The van der Waals surface area contributed by atoms with Gasteiger partial charge in [-0.25, -0.2) is 0 Å². The van der Waals surface area contributed by atoms with Gasteiger partial charge in [-0.15, -0.1) is 10.2 Å². The maximum absolute atomic E-state index is 5.60. The van der Waals surface area contributed by atoms with Crippen LogP contribution in [0.2, 0.25) is 0 Å². The van der Waals surface area contributed by atoms with Crippen molar-refractivity contribution < 1.29 is 4.52 Å². The number of hydrogen-bond donors (Lipinski definition) is 1. The van der Waals surface area contributed by atoms with E-state index in [1.165, 1.54) is 11.8 Å². The summed E-state index contributed by atoms with van der Waals surface area (Å²) in [5, 5.41) is 17.0. The van der Waals surface area contributed by atoms with E-state index in [4.69, 9.17) is 10.3 Å². The van der Waals surface area contributed by atoms with Crippen molar-refractivity contribution in [1.29, 1.82) is 0 Å². The van der Waals surface area contributed by atoms with E-state index in [9.17, 15) is 0 Å². The molecule has 0 aliphatic heterocycles. The molecule has 110 valence electrons. The second-order valence-corrected chi connectivity index (χ2v) is 6.01. The van der Waals surface area contributed by atoms with Crippen LogP contribution >= 0.6 is 23.1 Å². The van der Waals surface area contributed by atoms with Gasteiger partial charge in [-0.3, -0.25) is 0 Å². The van der Waals surface area contributed by atoms with Crippen LogP contribution in [-0.2, 0) is 12.3 Å². The van der Waals surface area contributed by atoms with E-state index in [-0.39, 0.29) is 0 Å². The highest BCUT2D eigenvalue weighted by Gasteiger charge is 2.13. The van der Waals surface area contributed by atoms with Crippen LogP contribution in [-0.4, -0.2) is 31.4 Å². The number of thiophene rings is 1. The third-order valence-corrected chi connectivity index (χ3v) is 4.46. The molecule has 0 aromatic carbocycles. The maximum Gasteiger partial charge on any atom is 0.237 e. The van der Waals surface area contributed by atoms with Gasteiger partial charge in [-0.05, 0) is 18.4 Å². The zero-order valence-corrected chi connectivity index (χ0v) is 13.0. The summed E-state index contributed by atoms with van der Waals surface area (Å²) in [5.41, 5.74) is 6.57. The highest BCUT2D eigenvalue weighted by atomic mass is 32.2. The fourth-order valence-electron chi connectivity index (χ4n) is 1.80. The quantitative estimate of drug-likeness (QED) is 0.693. The molecule has 0 aliphatic rings. The minimum absolute atomic E-state index is 0.551. The van der Waals surface area contributed by atoms with Gasteiger partial charge in [-0.2, -0.15) is 16.3 Å². The molecule has 0 spiro atoms. The van der Waals surface area contributed by atoms with Crippen molar-refractivity contribution in [2.75, 3.05) is 6.54 Å². The Bertz CT molecular complexity index is 705. The Labute approximate surface area is 129 Å². The number of nitrogens with two attached hydrogens (primary N) is 1. The molecule has 3 rings (SSSR count). The Morgan fingerprint density at radius 2 is 2.33 bits per heavy atom. The van der Waals surface area contributed by atoms with Crippen LogP contribution in [0, 0.1) is 6.92 Å². The second kappa shape index (κ2) is 6.37. The SMILES string of the molecule is Cc1nnc(SCc2nc(-c3ccsc3)no2)n1CCN. The molecule has 9 heteroatoms. The van der Waals surface area contributed by atoms with Gasteiger partial charge in [0.1, 0.15) is 5.82 Å². The third kappa shape index (κ3) is 3.14. The molecule has 2 N–H and O–H groups in total. The van der Waals surface area contributed by atoms with Crippen molar-refractivity contribution in [2.45, 2.75) is 24.4 Å². The van der Waals surface area contributed by atoms with Crippen LogP contribution in [0.1, 0.15) is 11.7 Å². The van der Waals surface area contributed by atoms with E-state index in [0.29, 0.717) is 30.6 Å². The number of aromatic nitrogens is 5. The highest BCUT2D eigenvalue weighted by Crippen LogP contribution is 2.23. The number of thioether (sulfide) groups is 1. The predicted molar refractivity (Wildman–Crippen MR) is 81.0 cm³/mol. The molecule has 3 heterocycles. The van der Waals surface area contributed by atoms with Gasteiger partial charge >= 0.3 is 0 Å². The molecule has 0 unspecified atom stereocenters. The summed E-state index contributed by atoms with van der Waals surface area (Å²) in [7, 11) is 0. The Balaban J connectivity index is 1.68. The van der Waals surface area contributed by atoms with Gasteiger partial charge in [-0.1, -0.05) is 16.9 Å². The van der Waals surface area contributed by atoms with Crippen LogP contribution < -0.4 is 5.73 Å².